The molecule has 0 saturated carbocycles. The van der Waals surface area contributed by atoms with Crippen molar-refractivity contribution < 1.29 is 4.79 Å². The lowest BCUT2D eigenvalue weighted by Crippen LogP contribution is -2.25. The molecule has 0 radical (unpaired) electrons. The molecule has 2 heteroatoms. The van der Waals surface area contributed by atoms with E-state index in [0.29, 0.717) is 11.8 Å². The Morgan fingerprint density at radius 2 is 1.42 bits per heavy atom. The molecule has 3 aromatic carbocycles. The lowest BCUT2D eigenvalue weighted by Gasteiger charge is -2.40. The minimum absolute atomic E-state index is 0.0844. The zero-order valence-electron chi connectivity index (χ0n) is 17.8. The molecule has 4 aliphatic rings. The molecule has 2 bridgehead atoms. The Balaban J connectivity index is 1.23. The van der Waals surface area contributed by atoms with Gasteiger partial charge in [0.25, 0.3) is 0 Å². The molecule has 3 aliphatic carbocycles. The van der Waals surface area contributed by atoms with E-state index in [1.165, 1.54) is 53.6 Å². The Hall–Kier alpha value is -3.13. The molecule has 1 aliphatic heterocycles. The third kappa shape index (κ3) is 3.22. The summed E-state index contributed by atoms with van der Waals surface area (Å²) < 4.78 is 0. The maximum Gasteiger partial charge on any atom is 0.185 e. The molecule has 0 N–H and O–H groups in total. The third-order valence-electron chi connectivity index (χ3n) is 7.40. The Labute approximate surface area is 184 Å². The highest BCUT2D eigenvalue weighted by Crippen LogP contribution is 2.52. The molecule has 0 amide bonds. The van der Waals surface area contributed by atoms with E-state index in [0.717, 1.165) is 24.2 Å². The standard InChI is InChI=1S/C29H27NO/c31-29(16-9-20-7-11-22(12-8-20)30-17-3-4-18-30)21-10-13-26-25-14-15-27(28(26)19-21)24-6-2-1-5-23(24)25/h1-2,5-13,16,19,25,27H,3-4,14-15,17-18H2. The van der Waals surface area contributed by atoms with E-state index in [2.05, 4.69) is 65.6 Å². The van der Waals surface area contributed by atoms with Gasteiger partial charge in [-0.05, 0) is 77.8 Å². The molecular weight excluding hydrogens is 378 g/mol. The largest absolute Gasteiger partial charge is 0.372 e. The van der Waals surface area contributed by atoms with Crippen LogP contribution in [0.5, 0.6) is 0 Å². The fourth-order valence-electron chi connectivity index (χ4n) is 5.82. The number of allylic oxidation sites excluding steroid dienone is 1. The van der Waals surface area contributed by atoms with Crippen LogP contribution in [0.4, 0.5) is 5.69 Å². The molecule has 7 rings (SSSR count). The smallest absolute Gasteiger partial charge is 0.185 e. The average Bonchev–Trinajstić information content (AvgIpc) is 3.38. The van der Waals surface area contributed by atoms with Gasteiger partial charge >= 0.3 is 0 Å². The number of carbonyl (C=O) groups excluding carboxylic acids is 1. The second-order valence-corrected chi connectivity index (χ2v) is 9.14. The summed E-state index contributed by atoms with van der Waals surface area (Å²) in [4.78, 5) is 15.4. The Morgan fingerprint density at radius 1 is 0.774 bits per heavy atom. The quantitative estimate of drug-likeness (QED) is 0.362. The maximum absolute atomic E-state index is 12.9. The molecule has 0 spiro atoms. The minimum Gasteiger partial charge on any atom is -0.372 e. The third-order valence-corrected chi connectivity index (χ3v) is 7.40. The summed E-state index contributed by atoms with van der Waals surface area (Å²) in [6, 6.07) is 23.8. The van der Waals surface area contributed by atoms with Crippen LogP contribution in [0.25, 0.3) is 6.08 Å². The lowest BCUT2D eigenvalue weighted by molar-refractivity contribution is 0.104. The molecule has 2 unspecified atom stereocenters. The van der Waals surface area contributed by atoms with Gasteiger partial charge in [0.15, 0.2) is 5.78 Å². The van der Waals surface area contributed by atoms with Crippen molar-refractivity contribution in [3.63, 3.8) is 0 Å². The van der Waals surface area contributed by atoms with Crippen molar-refractivity contribution in [2.75, 3.05) is 18.0 Å². The van der Waals surface area contributed by atoms with Crippen molar-refractivity contribution in [2.24, 2.45) is 0 Å². The second-order valence-electron chi connectivity index (χ2n) is 9.14. The first-order valence-electron chi connectivity index (χ1n) is 11.6. The molecule has 31 heavy (non-hydrogen) atoms. The van der Waals surface area contributed by atoms with Gasteiger partial charge in [0.05, 0.1) is 0 Å². The number of ketones is 1. The lowest BCUT2D eigenvalue weighted by atomic mass is 9.63. The van der Waals surface area contributed by atoms with Crippen molar-refractivity contribution in [1.29, 1.82) is 0 Å². The first-order valence-corrected chi connectivity index (χ1v) is 11.6. The van der Waals surface area contributed by atoms with Crippen LogP contribution in [-0.2, 0) is 0 Å². The fourth-order valence-corrected chi connectivity index (χ4v) is 5.82. The normalized spacial score (nSPS) is 21.4. The SMILES string of the molecule is O=C(C=Cc1ccc(N2CCCC2)cc1)c1ccc2c(c1)C1CCC2c2ccccc21. The van der Waals surface area contributed by atoms with E-state index in [4.69, 9.17) is 0 Å². The van der Waals surface area contributed by atoms with Gasteiger partial charge in [0.2, 0.25) is 0 Å². The van der Waals surface area contributed by atoms with E-state index in [9.17, 15) is 4.79 Å². The number of nitrogens with zero attached hydrogens (tertiary/aromatic N) is 1. The van der Waals surface area contributed by atoms with Gasteiger partial charge in [0, 0.05) is 36.2 Å². The van der Waals surface area contributed by atoms with Crippen molar-refractivity contribution in [3.8, 4) is 0 Å². The monoisotopic (exact) mass is 405 g/mol. The number of fused-ring (bicyclic) bond motifs is 1. The number of benzene rings is 3. The number of hydrogen-bond acceptors (Lipinski definition) is 2. The maximum atomic E-state index is 12.9. The van der Waals surface area contributed by atoms with Gasteiger partial charge in [-0.1, -0.05) is 54.6 Å². The fraction of sp³-hybridized carbons (Fsp3) is 0.276. The van der Waals surface area contributed by atoms with Crippen LogP contribution in [-0.4, -0.2) is 18.9 Å². The van der Waals surface area contributed by atoms with Gasteiger partial charge < -0.3 is 4.90 Å². The Bertz CT molecular complexity index is 1170. The predicted molar refractivity (Wildman–Crippen MR) is 127 cm³/mol. The van der Waals surface area contributed by atoms with Crippen molar-refractivity contribution in [1.82, 2.24) is 0 Å². The summed E-state index contributed by atoms with van der Waals surface area (Å²) in [7, 11) is 0. The zero-order chi connectivity index (χ0) is 20.8. The van der Waals surface area contributed by atoms with Gasteiger partial charge in [-0.3, -0.25) is 4.79 Å². The minimum atomic E-state index is 0.0844. The van der Waals surface area contributed by atoms with Crippen LogP contribution in [0.1, 0.15) is 75.7 Å². The molecule has 2 atom stereocenters. The summed E-state index contributed by atoms with van der Waals surface area (Å²) in [5.74, 6) is 1.01. The molecule has 2 nitrogen and oxygen atoms in total. The Kier molecular flexibility index (Phi) is 4.52. The molecule has 1 fully saturated rings. The summed E-state index contributed by atoms with van der Waals surface area (Å²) in [5.41, 5.74) is 8.89. The zero-order valence-corrected chi connectivity index (χ0v) is 17.8. The number of rotatable bonds is 4. The van der Waals surface area contributed by atoms with Crippen LogP contribution in [0.15, 0.2) is 72.8 Å². The van der Waals surface area contributed by atoms with Crippen molar-refractivity contribution in [3.05, 3.63) is 106 Å². The van der Waals surface area contributed by atoms with Crippen molar-refractivity contribution >= 4 is 17.5 Å². The second kappa shape index (κ2) is 7.53. The van der Waals surface area contributed by atoms with E-state index in [1.54, 1.807) is 6.08 Å². The van der Waals surface area contributed by atoms with Gasteiger partial charge in [0.1, 0.15) is 0 Å². The highest BCUT2D eigenvalue weighted by atomic mass is 16.1. The molecular formula is C29H27NO. The molecule has 154 valence electrons. The first kappa shape index (κ1) is 18.6. The number of anilines is 1. The summed E-state index contributed by atoms with van der Waals surface area (Å²) in [6.45, 7) is 2.30. The van der Waals surface area contributed by atoms with Crippen LogP contribution >= 0.6 is 0 Å². The van der Waals surface area contributed by atoms with Crippen LogP contribution in [0.2, 0.25) is 0 Å². The van der Waals surface area contributed by atoms with E-state index in [-0.39, 0.29) is 5.78 Å². The number of hydrogen-bond donors (Lipinski definition) is 0. The Morgan fingerprint density at radius 3 is 2.13 bits per heavy atom. The summed E-state index contributed by atoms with van der Waals surface area (Å²) in [5, 5.41) is 0. The highest BCUT2D eigenvalue weighted by Gasteiger charge is 2.37. The summed E-state index contributed by atoms with van der Waals surface area (Å²) >= 11 is 0. The molecule has 1 saturated heterocycles. The molecule has 3 aromatic rings. The van der Waals surface area contributed by atoms with Crippen LogP contribution in [0.3, 0.4) is 0 Å². The van der Waals surface area contributed by atoms with E-state index in [1.807, 2.05) is 12.1 Å². The van der Waals surface area contributed by atoms with Crippen molar-refractivity contribution in [2.45, 2.75) is 37.5 Å². The topological polar surface area (TPSA) is 20.3 Å². The van der Waals surface area contributed by atoms with E-state index >= 15 is 0 Å². The van der Waals surface area contributed by atoms with Crippen LogP contribution < -0.4 is 4.90 Å². The number of carbonyl (C=O) groups is 1. The van der Waals surface area contributed by atoms with E-state index < -0.39 is 0 Å². The van der Waals surface area contributed by atoms with Crippen LogP contribution in [0, 0.1) is 0 Å². The summed E-state index contributed by atoms with van der Waals surface area (Å²) in [6.07, 6.45) is 8.63. The molecule has 0 aromatic heterocycles. The highest BCUT2D eigenvalue weighted by molar-refractivity contribution is 6.07. The van der Waals surface area contributed by atoms with Gasteiger partial charge in [-0.25, -0.2) is 0 Å². The average molecular weight is 406 g/mol. The predicted octanol–water partition coefficient (Wildman–Crippen LogP) is 6.55. The van der Waals surface area contributed by atoms with Gasteiger partial charge in [-0.15, -0.1) is 0 Å². The molecule has 1 heterocycles. The first-order chi connectivity index (χ1) is 15.3. The van der Waals surface area contributed by atoms with Gasteiger partial charge in [-0.2, -0.15) is 0 Å².